The first kappa shape index (κ1) is 16.0. The van der Waals surface area contributed by atoms with Crippen LogP contribution < -0.4 is 10.9 Å². The van der Waals surface area contributed by atoms with Crippen LogP contribution in [-0.2, 0) is 19.3 Å². The Bertz CT molecular complexity index is 1000. The molecule has 0 saturated carbocycles. The van der Waals surface area contributed by atoms with Crippen LogP contribution in [0.5, 0.6) is 0 Å². The minimum absolute atomic E-state index is 0.119. The van der Waals surface area contributed by atoms with E-state index in [1.165, 1.54) is 16.6 Å². The van der Waals surface area contributed by atoms with Gasteiger partial charge in [-0.25, -0.2) is 4.98 Å². The predicted octanol–water partition coefficient (Wildman–Crippen LogP) is 2.53. The van der Waals surface area contributed by atoms with E-state index in [9.17, 15) is 9.59 Å². The molecule has 0 bridgehead atoms. The lowest BCUT2D eigenvalue weighted by Gasteiger charge is -2.06. The second kappa shape index (κ2) is 6.44. The molecule has 1 amide bonds. The van der Waals surface area contributed by atoms with Crippen LogP contribution in [0.4, 0.5) is 0 Å². The zero-order valence-electron chi connectivity index (χ0n) is 14.0. The van der Waals surface area contributed by atoms with Gasteiger partial charge in [0.1, 0.15) is 5.56 Å². The Balaban J connectivity index is 1.51. The molecular formula is C19H19N3O2S. The van der Waals surface area contributed by atoms with Gasteiger partial charge in [-0.2, -0.15) is 0 Å². The fraction of sp³-hybridized carbons (Fsp3) is 0.316. The van der Waals surface area contributed by atoms with Gasteiger partial charge in [0, 0.05) is 23.3 Å². The third-order valence-corrected chi connectivity index (χ3v) is 5.77. The average molecular weight is 353 g/mol. The van der Waals surface area contributed by atoms with E-state index in [-0.39, 0.29) is 17.0 Å². The molecule has 128 valence electrons. The van der Waals surface area contributed by atoms with Crippen LogP contribution in [0.15, 0.2) is 35.3 Å². The third-order valence-electron chi connectivity index (χ3n) is 4.62. The molecule has 25 heavy (non-hydrogen) atoms. The third kappa shape index (κ3) is 2.98. The molecule has 1 N–H and O–H groups in total. The standard InChI is InChI=1S/C19H19N3O2S/c1-12-5-7-13(8-6-12)9-10-20-17(23)14-11-21-19-22(18(14)24)15-3-2-4-16(15)25-19/h5-8,11H,2-4,9-10H2,1H3,(H,20,23). The van der Waals surface area contributed by atoms with Crippen LogP contribution in [0.1, 0.15) is 38.5 Å². The number of amides is 1. The van der Waals surface area contributed by atoms with Gasteiger partial charge in [-0.15, -0.1) is 11.3 Å². The Morgan fingerprint density at radius 1 is 1.28 bits per heavy atom. The Kier molecular flexibility index (Phi) is 4.13. The van der Waals surface area contributed by atoms with Gasteiger partial charge in [0.2, 0.25) is 0 Å². The molecule has 6 heteroatoms. The number of aromatic nitrogens is 2. The Morgan fingerprint density at radius 2 is 2.08 bits per heavy atom. The summed E-state index contributed by atoms with van der Waals surface area (Å²) in [5.74, 6) is -0.350. The summed E-state index contributed by atoms with van der Waals surface area (Å²) >= 11 is 1.56. The summed E-state index contributed by atoms with van der Waals surface area (Å²) in [4.78, 5) is 31.4. The number of fused-ring (bicyclic) bond motifs is 3. The minimum Gasteiger partial charge on any atom is -0.351 e. The zero-order valence-corrected chi connectivity index (χ0v) is 14.9. The van der Waals surface area contributed by atoms with E-state index in [2.05, 4.69) is 34.6 Å². The van der Waals surface area contributed by atoms with E-state index in [0.29, 0.717) is 11.5 Å². The summed E-state index contributed by atoms with van der Waals surface area (Å²) in [5, 5.41) is 2.84. The summed E-state index contributed by atoms with van der Waals surface area (Å²) in [6.07, 6.45) is 5.09. The van der Waals surface area contributed by atoms with Gasteiger partial charge in [0.15, 0.2) is 4.96 Å². The van der Waals surface area contributed by atoms with E-state index in [1.807, 2.05) is 6.92 Å². The van der Waals surface area contributed by atoms with Crippen molar-refractivity contribution in [3.05, 3.63) is 68.1 Å². The number of hydrogen-bond acceptors (Lipinski definition) is 4. The van der Waals surface area contributed by atoms with Crippen molar-refractivity contribution >= 4 is 22.2 Å². The quantitative estimate of drug-likeness (QED) is 0.784. The van der Waals surface area contributed by atoms with Crippen molar-refractivity contribution in [1.29, 1.82) is 0 Å². The highest BCUT2D eigenvalue weighted by Gasteiger charge is 2.22. The van der Waals surface area contributed by atoms with Crippen LogP contribution >= 0.6 is 11.3 Å². The second-order valence-electron chi connectivity index (χ2n) is 6.41. The monoisotopic (exact) mass is 353 g/mol. The highest BCUT2D eigenvalue weighted by atomic mass is 32.1. The molecule has 4 rings (SSSR count). The van der Waals surface area contributed by atoms with Crippen LogP contribution in [0, 0.1) is 6.92 Å². The van der Waals surface area contributed by atoms with Crippen molar-refractivity contribution in [3.63, 3.8) is 0 Å². The lowest BCUT2D eigenvalue weighted by molar-refractivity contribution is 0.0952. The van der Waals surface area contributed by atoms with Gasteiger partial charge in [0.05, 0.1) is 0 Å². The molecule has 0 spiro atoms. The minimum atomic E-state index is -0.350. The molecule has 3 aromatic rings. The highest BCUT2D eigenvalue weighted by molar-refractivity contribution is 7.17. The summed E-state index contributed by atoms with van der Waals surface area (Å²) in [5.41, 5.74) is 3.27. The fourth-order valence-electron chi connectivity index (χ4n) is 3.23. The molecule has 0 saturated heterocycles. The van der Waals surface area contributed by atoms with Crippen molar-refractivity contribution in [2.24, 2.45) is 0 Å². The number of rotatable bonds is 4. The predicted molar refractivity (Wildman–Crippen MR) is 98.6 cm³/mol. The van der Waals surface area contributed by atoms with Crippen molar-refractivity contribution in [2.75, 3.05) is 6.54 Å². The molecule has 5 nitrogen and oxygen atoms in total. The summed E-state index contributed by atoms with van der Waals surface area (Å²) in [6.45, 7) is 2.54. The van der Waals surface area contributed by atoms with Crippen molar-refractivity contribution in [1.82, 2.24) is 14.7 Å². The Labute approximate surface area is 149 Å². The van der Waals surface area contributed by atoms with Crippen LogP contribution in [-0.4, -0.2) is 21.8 Å². The molecule has 2 aromatic heterocycles. The van der Waals surface area contributed by atoms with Crippen LogP contribution in [0.3, 0.4) is 0 Å². The van der Waals surface area contributed by atoms with Crippen LogP contribution in [0.25, 0.3) is 4.96 Å². The SMILES string of the molecule is Cc1ccc(CCNC(=O)c2cnc3sc4c(n3c2=O)CCC4)cc1. The summed E-state index contributed by atoms with van der Waals surface area (Å²) < 4.78 is 1.63. The van der Waals surface area contributed by atoms with E-state index in [0.717, 1.165) is 36.9 Å². The first-order valence-corrected chi connectivity index (χ1v) is 9.31. The van der Waals surface area contributed by atoms with Crippen LogP contribution in [0.2, 0.25) is 0 Å². The smallest absolute Gasteiger partial charge is 0.271 e. The van der Waals surface area contributed by atoms with Gasteiger partial charge in [-0.3, -0.25) is 14.0 Å². The molecule has 1 aliphatic rings. The molecule has 0 aliphatic heterocycles. The first-order valence-electron chi connectivity index (χ1n) is 8.49. The maximum atomic E-state index is 12.7. The zero-order chi connectivity index (χ0) is 17.4. The summed E-state index contributed by atoms with van der Waals surface area (Å²) in [6, 6.07) is 8.22. The highest BCUT2D eigenvalue weighted by Crippen LogP contribution is 2.28. The van der Waals surface area contributed by atoms with Crippen molar-refractivity contribution in [2.45, 2.75) is 32.6 Å². The van der Waals surface area contributed by atoms with Gasteiger partial charge in [-0.05, 0) is 38.2 Å². The van der Waals surface area contributed by atoms with Crippen molar-refractivity contribution < 1.29 is 4.79 Å². The van der Waals surface area contributed by atoms with Gasteiger partial charge in [-0.1, -0.05) is 29.8 Å². The number of hydrogen-bond donors (Lipinski definition) is 1. The number of nitrogens with zero attached hydrogens (tertiary/aromatic N) is 2. The number of nitrogens with one attached hydrogen (secondary N) is 1. The van der Waals surface area contributed by atoms with E-state index in [1.54, 1.807) is 15.7 Å². The largest absolute Gasteiger partial charge is 0.351 e. The number of benzene rings is 1. The lowest BCUT2D eigenvalue weighted by atomic mass is 10.1. The van der Waals surface area contributed by atoms with Crippen molar-refractivity contribution in [3.8, 4) is 0 Å². The average Bonchev–Trinajstić information content (AvgIpc) is 3.17. The molecule has 2 heterocycles. The lowest BCUT2D eigenvalue weighted by Crippen LogP contribution is -2.32. The Morgan fingerprint density at radius 3 is 2.88 bits per heavy atom. The summed E-state index contributed by atoms with van der Waals surface area (Å²) in [7, 11) is 0. The van der Waals surface area contributed by atoms with Gasteiger partial charge in [0.25, 0.3) is 11.5 Å². The maximum Gasteiger partial charge on any atom is 0.271 e. The van der Waals surface area contributed by atoms with E-state index >= 15 is 0 Å². The van der Waals surface area contributed by atoms with E-state index < -0.39 is 0 Å². The fourth-order valence-corrected chi connectivity index (χ4v) is 4.40. The molecule has 0 unspecified atom stereocenters. The molecule has 0 radical (unpaired) electrons. The number of aryl methyl sites for hydroxylation is 3. The van der Waals surface area contributed by atoms with Gasteiger partial charge < -0.3 is 5.32 Å². The number of carbonyl (C=O) groups is 1. The number of carbonyl (C=O) groups excluding carboxylic acids is 1. The van der Waals surface area contributed by atoms with Gasteiger partial charge >= 0.3 is 0 Å². The molecule has 0 atom stereocenters. The molecule has 0 fully saturated rings. The molecule has 1 aliphatic carbocycles. The topological polar surface area (TPSA) is 63.5 Å². The first-order chi connectivity index (χ1) is 12.1. The maximum absolute atomic E-state index is 12.7. The normalized spacial score (nSPS) is 13.2. The molecular weight excluding hydrogens is 334 g/mol. The second-order valence-corrected chi connectivity index (χ2v) is 7.47. The Hall–Kier alpha value is -2.47. The number of thiazole rings is 1. The van der Waals surface area contributed by atoms with E-state index in [4.69, 9.17) is 0 Å². The molecule has 1 aromatic carbocycles.